The number of alkyl halides is 3. The molecule has 2 aliphatic rings. The Morgan fingerprint density at radius 1 is 0.914 bits per heavy atom. The minimum absolute atomic E-state index is 0.222. The molecule has 0 atom stereocenters. The third-order valence-electron chi connectivity index (χ3n) is 6.93. The van der Waals surface area contributed by atoms with E-state index in [2.05, 4.69) is 15.1 Å². The number of benzene rings is 2. The van der Waals surface area contributed by atoms with Gasteiger partial charge in [-0.3, -0.25) is 9.69 Å². The predicted octanol–water partition coefficient (Wildman–Crippen LogP) is 4.29. The van der Waals surface area contributed by atoms with Crippen molar-refractivity contribution < 1.29 is 18.0 Å². The minimum atomic E-state index is -4.31. The second-order valence-electron chi connectivity index (χ2n) is 9.40. The fraction of sp³-hybridized carbons (Fsp3) is 0.500. The zero-order chi connectivity index (χ0) is 24.8. The standard InChI is InChI=1S/C26H34F3N5O/c27-26(28,29)20-3-9-24(10-4-20)33-18-16-32(17-19-33)13-1-2-25(35)34-14-11-23(12-15-34)31-22-7-5-21(30)6-8-22/h3-10,23,31H,1-2,11-19,30H2. The topological polar surface area (TPSA) is 64.8 Å². The molecule has 0 aromatic heterocycles. The van der Waals surface area contributed by atoms with Crippen LogP contribution in [0, 0.1) is 0 Å². The smallest absolute Gasteiger partial charge is 0.399 e. The van der Waals surface area contributed by atoms with Crippen molar-refractivity contribution in [2.24, 2.45) is 0 Å². The first-order valence-corrected chi connectivity index (χ1v) is 12.3. The first kappa shape index (κ1) is 25.2. The Labute approximate surface area is 204 Å². The molecular weight excluding hydrogens is 455 g/mol. The lowest BCUT2D eigenvalue weighted by atomic mass is 10.0. The highest BCUT2D eigenvalue weighted by Crippen LogP contribution is 2.30. The summed E-state index contributed by atoms with van der Waals surface area (Å²) in [5, 5.41) is 3.52. The molecule has 6 nitrogen and oxygen atoms in total. The third kappa shape index (κ3) is 7.04. The molecule has 3 N–H and O–H groups in total. The summed E-state index contributed by atoms with van der Waals surface area (Å²) in [6.45, 7) is 5.65. The normalized spacial score (nSPS) is 18.0. The molecule has 2 fully saturated rings. The van der Waals surface area contributed by atoms with E-state index in [0.29, 0.717) is 12.5 Å². The molecule has 4 rings (SSSR count). The van der Waals surface area contributed by atoms with E-state index in [1.54, 1.807) is 12.1 Å². The number of carbonyl (C=O) groups is 1. The highest BCUT2D eigenvalue weighted by molar-refractivity contribution is 5.76. The highest BCUT2D eigenvalue weighted by atomic mass is 19.4. The number of nitrogens with one attached hydrogen (secondary N) is 1. The summed E-state index contributed by atoms with van der Waals surface area (Å²) in [6.07, 6.45) is -1.07. The Morgan fingerprint density at radius 2 is 1.54 bits per heavy atom. The van der Waals surface area contributed by atoms with Gasteiger partial charge in [0.15, 0.2) is 0 Å². The van der Waals surface area contributed by atoms with Gasteiger partial charge in [0, 0.05) is 68.8 Å². The summed E-state index contributed by atoms with van der Waals surface area (Å²) >= 11 is 0. The average Bonchev–Trinajstić information content (AvgIpc) is 2.86. The number of likely N-dealkylation sites (tertiary alicyclic amines) is 1. The third-order valence-corrected chi connectivity index (χ3v) is 6.93. The monoisotopic (exact) mass is 489 g/mol. The fourth-order valence-electron chi connectivity index (χ4n) is 4.79. The van der Waals surface area contributed by atoms with Crippen molar-refractivity contribution in [2.45, 2.75) is 37.9 Å². The molecule has 2 heterocycles. The van der Waals surface area contributed by atoms with E-state index in [0.717, 1.165) is 94.3 Å². The van der Waals surface area contributed by atoms with Gasteiger partial charge < -0.3 is 20.9 Å². The maximum Gasteiger partial charge on any atom is 0.416 e. The first-order valence-electron chi connectivity index (χ1n) is 12.3. The van der Waals surface area contributed by atoms with Gasteiger partial charge in [-0.15, -0.1) is 0 Å². The molecule has 0 spiro atoms. The van der Waals surface area contributed by atoms with Crippen LogP contribution in [0.25, 0.3) is 0 Å². The van der Waals surface area contributed by atoms with Crippen molar-refractivity contribution in [1.29, 1.82) is 0 Å². The van der Waals surface area contributed by atoms with Crippen molar-refractivity contribution in [3.63, 3.8) is 0 Å². The lowest BCUT2D eigenvalue weighted by Crippen LogP contribution is -2.47. The Kier molecular flexibility index (Phi) is 8.05. The SMILES string of the molecule is Nc1ccc(NC2CCN(C(=O)CCCN3CCN(c4ccc(C(F)(F)F)cc4)CC3)CC2)cc1. The van der Waals surface area contributed by atoms with Crippen LogP contribution in [0.5, 0.6) is 0 Å². The van der Waals surface area contributed by atoms with E-state index in [9.17, 15) is 18.0 Å². The largest absolute Gasteiger partial charge is 0.416 e. The van der Waals surface area contributed by atoms with Crippen LogP contribution in [0.2, 0.25) is 0 Å². The number of nitrogens with zero attached hydrogens (tertiary/aromatic N) is 3. The molecule has 35 heavy (non-hydrogen) atoms. The van der Waals surface area contributed by atoms with E-state index in [1.807, 2.05) is 29.2 Å². The van der Waals surface area contributed by atoms with E-state index in [1.165, 1.54) is 0 Å². The molecule has 2 aromatic carbocycles. The van der Waals surface area contributed by atoms with Gasteiger partial charge in [-0.2, -0.15) is 13.2 Å². The number of anilines is 3. The van der Waals surface area contributed by atoms with Crippen LogP contribution in [0.3, 0.4) is 0 Å². The zero-order valence-electron chi connectivity index (χ0n) is 19.9. The van der Waals surface area contributed by atoms with Gasteiger partial charge >= 0.3 is 6.18 Å². The summed E-state index contributed by atoms with van der Waals surface area (Å²) < 4.78 is 38.3. The molecule has 9 heteroatoms. The summed E-state index contributed by atoms with van der Waals surface area (Å²) in [7, 11) is 0. The molecule has 0 saturated carbocycles. The molecule has 0 bridgehead atoms. The minimum Gasteiger partial charge on any atom is -0.399 e. The number of piperidine rings is 1. The van der Waals surface area contributed by atoms with Crippen LogP contribution < -0.4 is 16.0 Å². The molecule has 2 aliphatic heterocycles. The lowest BCUT2D eigenvalue weighted by molar-refractivity contribution is -0.137. The van der Waals surface area contributed by atoms with Crippen molar-refractivity contribution in [3.8, 4) is 0 Å². The molecule has 0 aliphatic carbocycles. The Hall–Kier alpha value is -2.94. The van der Waals surface area contributed by atoms with E-state index >= 15 is 0 Å². The van der Waals surface area contributed by atoms with Crippen LogP contribution >= 0.6 is 0 Å². The zero-order valence-corrected chi connectivity index (χ0v) is 19.9. The number of halogens is 3. The number of carbonyl (C=O) groups excluding carboxylic acids is 1. The lowest BCUT2D eigenvalue weighted by Gasteiger charge is -2.36. The van der Waals surface area contributed by atoms with E-state index < -0.39 is 11.7 Å². The van der Waals surface area contributed by atoms with Gasteiger partial charge in [0.05, 0.1) is 5.56 Å². The molecule has 0 unspecified atom stereocenters. The highest BCUT2D eigenvalue weighted by Gasteiger charge is 2.30. The van der Waals surface area contributed by atoms with Crippen molar-refractivity contribution in [2.75, 3.05) is 61.8 Å². The fourth-order valence-corrected chi connectivity index (χ4v) is 4.79. The average molecular weight is 490 g/mol. The number of nitrogen functional groups attached to an aromatic ring is 1. The van der Waals surface area contributed by atoms with Gasteiger partial charge in [0.25, 0.3) is 0 Å². The molecule has 2 aromatic rings. The summed E-state index contributed by atoms with van der Waals surface area (Å²) in [5.41, 5.74) is 7.74. The van der Waals surface area contributed by atoms with Gasteiger partial charge in [-0.1, -0.05) is 0 Å². The molecular formula is C26H34F3N5O. The van der Waals surface area contributed by atoms with Gasteiger partial charge in [0.1, 0.15) is 0 Å². The van der Waals surface area contributed by atoms with E-state index in [-0.39, 0.29) is 5.91 Å². The molecule has 0 radical (unpaired) electrons. The van der Waals surface area contributed by atoms with Gasteiger partial charge in [-0.05, 0) is 74.3 Å². The van der Waals surface area contributed by atoms with Crippen LogP contribution in [0.1, 0.15) is 31.2 Å². The molecule has 190 valence electrons. The summed E-state index contributed by atoms with van der Waals surface area (Å²) in [4.78, 5) is 19.1. The summed E-state index contributed by atoms with van der Waals surface area (Å²) in [5.74, 6) is 0.222. The number of hydrogen-bond acceptors (Lipinski definition) is 5. The summed E-state index contributed by atoms with van der Waals surface area (Å²) in [6, 6.07) is 13.5. The molecule has 2 saturated heterocycles. The number of rotatable bonds is 7. The maximum atomic E-state index is 12.8. The first-order chi connectivity index (χ1) is 16.8. The van der Waals surface area contributed by atoms with Crippen molar-refractivity contribution in [3.05, 3.63) is 54.1 Å². The van der Waals surface area contributed by atoms with Crippen molar-refractivity contribution in [1.82, 2.24) is 9.80 Å². The van der Waals surface area contributed by atoms with Crippen LogP contribution in [-0.4, -0.2) is 67.6 Å². The maximum absolute atomic E-state index is 12.8. The Balaban J connectivity index is 1.12. The Bertz CT molecular complexity index is 948. The number of hydrogen-bond donors (Lipinski definition) is 2. The second-order valence-corrected chi connectivity index (χ2v) is 9.40. The van der Waals surface area contributed by atoms with Crippen LogP contribution in [-0.2, 0) is 11.0 Å². The van der Waals surface area contributed by atoms with Gasteiger partial charge in [-0.25, -0.2) is 0 Å². The van der Waals surface area contributed by atoms with Crippen LogP contribution in [0.15, 0.2) is 48.5 Å². The molecule has 1 amide bonds. The predicted molar refractivity (Wildman–Crippen MR) is 133 cm³/mol. The van der Waals surface area contributed by atoms with E-state index in [4.69, 9.17) is 5.73 Å². The number of nitrogens with two attached hydrogens (primary N) is 1. The van der Waals surface area contributed by atoms with Gasteiger partial charge in [0.2, 0.25) is 5.91 Å². The quantitative estimate of drug-likeness (QED) is 0.568. The number of piperazine rings is 1. The van der Waals surface area contributed by atoms with Crippen LogP contribution in [0.4, 0.5) is 30.2 Å². The number of amides is 1. The van der Waals surface area contributed by atoms with Crippen molar-refractivity contribution >= 4 is 23.0 Å². The Morgan fingerprint density at radius 3 is 2.14 bits per heavy atom. The second kappa shape index (κ2) is 11.2.